The van der Waals surface area contributed by atoms with Crippen molar-refractivity contribution in [2.45, 2.75) is 17.3 Å². The highest BCUT2D eigenvalue weighted by Crippen LogP contribution is 2.36. The van der Waals surface area contributed by atoms with E-state index in [1.807, 2.05) is 7.05 Å². The Morgan fingerprint density at radius 2 is 2.44 bits per heavy atom. The number of aromatic nitrogens is 4. The number of hydrogen-bond acceptors (Lipinski definition) is 6. The second-order valence-corrected chi connectivity index (χ2v) is 5.51. The summed E-state index contributed by atoms with van der Waals surface area (Å²) >= 11 is 3.34. The fourth-order valence-electron chi connectivity index (χ4n) is 1.37. The van der Waals surface area contributed by atoms with Crippen LogP contribution in [0.15, 0.2) is 16.6 Å². The molecule has 2 aromatic heterocycles. The normalized spacial score (nSPS) is 12.9. The summed E-state index contributed by atoms with van der Waals surface area (Å²) in [6, 6.07) is 2.11. The number of nitrogens with two attached hydrogens (primary N) is 1. The number of thioether (sulfide) groups is 1. The second-order valence-electron chi connectivity index (χ2n) is 3.40. The molecule has 0 aliphatic carbocycles. The van der Waals surface area contributed by atoms with Crippen LogP contribution in [0.2, 0.25) is 0 Å². The van der Waals surface area contributed by atoms with E-state index in [0.717, 1.165) is 5.16 Å². The molecule has 0 aliphatic heterocycles. The van der Waals surface area contributed by atoms with E-state index in [2.05, 4.69) is 33.9 Å². The van der Waals surface area contributed by atoms with Crippen molar-refractivity contribution in [3.05, 3.63) is 21.9 Å². The summed E-state index contributed by atoms with van der Waals surface area (Å²) in [5, 5.41) is 14.5. The zero-order chi connectivity index (χ0) is 11.5. The van der Waals surface area contributed by atoms with E-state index in [1.165, 1.54) is 10.4 Å². The first-order chi connectivity index (χ1) is 7.72. The fraction of sp³-hybridized carbons (Fsp3) is 0.444. The van der Waals surface area contributed by atoms with Crippen LogP contribution in [0.25, 0.3) is 0 Å². The van der Waals surface area contributed by atoms with Crippen molar-refractivity contribution < 1.29 is 0 Å². The predicted octanol–water partition coefficient (Wildman–Crippen LogP) is 1.37. The third-order valence-electron chi connectivity index (χ3n) is 2.24. The Morgan fingerprint density at radius 3 is 2.94 bits per heavy atom. The van der Waals surface area contributed by atoms with Gasteiger partial charge in [-0.15, -0.1) is 16.4 Å². The summed E-state index contributed by atoms with van der Waals surface area (Å²) < 4.78 is 1.66. The molecule has 1 unspecified atom stereocenters. The minimum atomic E-state index is 0.227. The molecule has 1 atom stereocenters. The maximum Gasteiger partial charge on any atom is 0.209 e. The lowest BCUT2D eigenvalue weighted by Crippen LogP contribution is -2.10. The molecule has 0 bridgehead atoms. The quantitative estimate of drug-likeness (QED) is 0.836. The lowest BCUT2D eigenvalue weighted by molar-refractivity contribution is 0.663. The van der Waals surface area contributed by atoms with E-state index in [1.54, 1.807) is 27.8 Å². The third-order valence-corrected chi connectivity index (χ3v) is 4.79. The van der Waals surface area contributed by atoms with E-state index in [4.69, 9.17) is 5.73 Å². The molecule has 5 nitrogen and oxygen atoms in total. The SMILES string of the molecule is Cc1ccsc1C(CN)Sc1nnnn1C. The second kappa shape index (κ2) is 4.94. The Labute approximate surface area is 102 Å². The molecule has 0 saturated carbocycles. The Balaban J connectivity index is 2.19. The van der Waals surface area contributed by atoms with Crippen LogP contribution in [0.4, 0.5) is 0 Å². The molecule has 7 heteroatoms. The van der Waals surface area contributed by atoms with Crippen LogP contribution in [0, 0.1) is 6.92 Å². The van der Waals surface area contributed by atoms with Crippen LogP contribution in [-0.4, -0.2) is 26.8 Å². The molecule has 0 saturated heterocycles. The molecule has 0 spiro atoms. The van der Waals surface area contributed by atoms with Crippen LogP contribution in [-0.2, 0) is 7.05 Å². The van der Waals surface area contributed by atoms with Gasteiger partial charge in [0.1, 0.15) is 0 Å². The van der Waals surface area contributed by atoms with Crippen molar-refractivity contribution in [1.82, 2.24) is 20.2 Å². The van der Waals surface area contributed by atoms with Crippen LogP contribution >= 0.6 is 23.1 Å². The smallest absolute Gasteiger partial charge is 0.209 e. The van der Waals surface area contributed by atoms with E-state index < -0.39 is 0 Å². The average Bonchev–Trinajstić information content (AvgIpc) is 2.85. The summed E-state index contributed by atoms with van der Waals surface area (Å²) in [7, 11) is 1.83. The van der Waals surface area contributed by atoms with E-state index in [9.17, 15) is 0 Å². The standard InChI is InChI=1S/C9H13N5S2/c1-6-3-4-15-8(6)7(5-10)16-9-11-12-13-14(9)2/h3-4,7H,5,10H2,1-2H3. The third kappa shape index (κ3) is 2.26. The van der Waals surface area contributed by atoms with Crippen molar-refractivity contribution in [1.29, 1.82) is 0 Å². The van der Waals surface area contributed by atoms with E-state index >= 15 is 0 Å². The molecule has 2 aromatic rings. The molecule has 2 heterocycles. The molecule has 0 amide bonds. The maximum absolute atomic E-state index is 5.81. The van der Waals surface area contributed by atoms with Gasteiger partial charge < -0.3 is 5.73 Å². The molecule has 86 valence electrons. The molecule has 0 radical (unpaired) electrons. The van der Waals surface area contributed by atoms with Gasteiger partial charge in [-0.25, -0.2) is 4.68 Å². The monoisotopic (exact) mass is 255 g/mol. The number of thiophene rings is 1. The molecular formula is C9H13N5S2. The van der Waals surface area contributed by atoms with Gasteiger partial charge in [0.15, 0.2) is 0 Å². The molecule has 0 fully saturated rings. The summed E-state index contributed by atoms with van der Waals surface area (Å²) in [5.41, 5.74) is 7.09. The van der Waals surface area contributed by atoms with Crippen LogP contribution in [0.3, 0.4) is 0 Å². The van der Waals surface area contributed by atoms with Crippen molar-refractivity contribution in [2.24, 2.45) is 12.8 Å². The lowest BCUT2D eigenvalue weighted by atomic mass is 10.2. The molecule has 0 aromatic carbocycles. The average molecular weight is 255 g/mol. The number of tetrazole rings is 1. The van der Waals surface area contributed by atoms with Crippen LogP contribution in [0.1, 0.15) is 15.7 Å². The topological polar surface area (TPSA) is 69.6 Å². The molecule has 2 rings (SSSR count). The van der Waals surface area contributed by atoms with Crippen molar-refractivity contribution in [3.8, 4) is 0 Å². The van der Waals surface area contributed by atoms with Crippen LogP contribution < -0.4 is 5.73 Å². The van der Waals surface area contributed by atoms with Gasteiger partial charge in [0.2, 0.25) is 5.16 Å². The Kier molecular flexibility index (Phi) is 3.57. The van der Waals surface area contributed by atoms with Gasteiger partial charge in [0, 0.05) is 18.5 Å². The number of aryl methyl sites for hydroxylation is 2. The first-order valence-electron chi connectivity index (χ1n) is 4.85. The molecular weight excluding hydrogens is 242 g/mol. The van der Waals surface area contributed by atoms with Gasteiger partial charge in [-0.2, -0.15) is 0 Å². The number of rotatable bonds is 4. The molecule has 0 aliphatic rings. The minimum absolute atomic E-state index is 0.227. The van der Waals surface area contributed by atoms with Crippen molar-refractivity contribution >= 4 is 23.1 Å². The Hall–Kier alpha value is -0.920. The highest BCUT2D eigenvalue weighted by Gasteiger charge is 2.17. The largest absolute Gasteiger partial charge is 0.329 e. The van der Waals surface area contributed by atoms with Gasteiger partial charge in [0.05, 0.1) is 5.25 Å². The summed E-state index contributed by atoms with van der Waals surface area (Å²) in [5.74, 6) is 0. The summed E-state index contributed by atoms with van der Waals surface area (Å²) in [4.78, 5) is 1.30. The Bertz CT molecular complexity index is 464. The van der Waals surface area contributed by atoms with Crippen molar-refractivity contribution in [2.75, 3.05) is 6.54 Å². The Morgan fingerprint density at radius 1 is 1.62 bits per heavy atom. The number of hydrogen-bond donors (Lipinski definition) is 1. The highest BCUT2D eigenvalue weighted by atomic mass is 32.2. The van der Waals surface area contributed by atoms with Crippen molar-refractivity contribution in [3.63, 3.8) is 0 Å². The van der Waals surface area contributed by atoms with Gasteiger partial charge in [-0.3, -0.25) is 0 Å². The van der Waals surface area contributed by atoms with Gasteiger partial charge in [-0.05, 0) is 34.4 Å². The van der Waals surface area contributed by atoms with Gasteiger partial charge in [0.25, 0.3) is 0 Å². The summed E-state index contributed by atoms with van der Waals surface area (Å²) in [6.45, 7) is 2.68. The van der Waals surface area contributed by atoms with E-state index in [-0.39, 0.29) is 5.25 Å². The van der Waals surface area contributed by atoms with Gasteiger partial charge in [-0.1, -0.05) is 11.8 Å². The van der Waals surface area contributed by atoms with E-state index in [0.29, 0.717) is 6.54 Å². The summed E-state index contributed by atoms with van der Waals surface area (Å²) in [6.07, 6.45) is 0. The van der Waals surface area contributed by atoms with Gasteiger partial charge >= 0.3 is 0 Å². The predicted molar refractivity (Wildman–Crippen MR) is 65.5 cm³/mol. The maximum atomic E-state index is 5.81. The lowest BCUT2D eigenvalue weighted by Gasteiger charge is -2.12. The highest BCUT2D eigenvalue weighted by molar-refractivity contribution is 7.99. The first-order valence-corrected chi connectivity index (χ1v) is 6.61. The molecule has 2 N–H and O–H groups in total. The zero-order valence-electron chi connectivity index (χ0n) is 9.12. The fourth-order valence-corrected chi connectivity index (χ4v) is 3.52. The first kappa shape index (κ1) is 11.6. The zero-order valence-corrected chi connectivity index (χ0v) is 10.8. The molecule has 16 heavy (non-hydrogen) atoms. The van der Waals surface area contributed by atoms with Crippen LogP contribution in [0.5, 0.6) is 0 Å². The minimum Gasteiger partial charge on any atom is -0.329 e. The number of nitrogens with zero attached hydrogens (tertiary/aromatic N) is 4.